The molecule has 29 heavy (non-hydrogen) atoms. The molecule has 0 aliphatic carbocycles. The van der Waals surface area contributed by atoms with Crippen LogP contribution in [-0.2, 0) is 9.84 Å². The number of sulfone groups is 1. The molecule has 1 N–H and O–H groups in total. The van der Waals surface area contributed by atoms with E-state index in [0.29, 0.717) is 35.2 Å². The zero-order valence-electron chi connectivity index (χ0n) is 16.4. The summed E-state index contributed by atoms with van der Waals surface area (Å²) in [6.45, 7) is 6.83. The third-order valence-electron chi connectivity index (χ3n) is 4.77. The zero-order chi connectivity index (χ0) is 21.2. The van der Waals surface area contributed by atoms with E-state index in [1.165, 1.54) is 24.1 Å². The summed E-state index contributed by atoms with van der Waals surface area (Å²) in [7, 11) is -3.81. The molecule has 3 rings (SSSR count). The molecule has 0 spiro atoms. The van der Waals surface area contributed by atoms with Crippen LogP contribution in [0.5, 0.6) is 0 Å². The molecule has 0 radical (unpaired) electrons. The van der Waals surface area contributed by atoms with E-state index in [-0.39, 0.29) is 15.6 Å². The number of hydrogen-bond acceptors (Lipinski definition) is 6. The van der Waals surface area contributed by atoms with Crippen LogP contribution in [0.2, 0.25) is 5.02 Å². The minimum atomic E-state index is -3.81. The first-order valence-corrected chi connectivity index (χ1v) is 11.0. The highest BCUT2D eigenvalue weighted by molar-refractivity contribution is 7.95. The Balaban J connectivity index is 2.30. The number of halogens is 1. The van der Waals surface area contributed by atoms with Crippen molar-refractivity contribution in [1.29, 1.82) is 5.53 Å². The fraction of sp³-hybridized carbons (Fsp3) is 0.250. The van der Waals surface area contributed by atoms with Gasteiger partial charge in [0.15, 0.2) is 5.82 Å². The van der Waals surface area contributed by atoms with Gasteiger partial charge < -0.3 is 4.90 Å². The lowest BCUT2D eigenvalue weighted by molar-refractivity contribution is 0.464. The predicted molar refractivity (Wildman–Crippen MR) is 115 cm³/mol. The second-order valence-corrected chi connectivity index (χ2v) is 8.90. The first-order valence-electron chi connectivity index (χ1n) is 9.17. The first kappa shape index (κ1) is 21.0. The lowest BCUT2D eigenvalue weighted by Crippen LogP contribution is -2.36. The fourth-order valence-corrected chi connectivity index (χ4v) is 4.60. The number of hydrogen-bond donors (Lipinski definition) is 1. The zero-order valence-corrected chi connectivity index (χ0v) is 18.0. The van der Waals surface area contributed by atoms with Gasteiger partial charge in [0.05, 0.1) is 15.5 Å². The molecular formula is C20H22ClN5O2S. The molecule has 152 valence electrons. The Labute approximate surface area is 175 Å². The molecule has 2 aromatic carbocycles. The molecule has 7 nitrogen and oxygen atoms in total. The van der Waals surface area contributed by atoms with E-state index in [1.54, 1.807) is 36.4 Å². The van der Waals surface area contributed by atoms with Crippen molar-refractivity contribution in [3.8, 4) is 0 Å². The Morgan fingerprint density at radius 3 is 2.41 bits per heavy atom. The molecule has 1 heterocycles. The van der Waals surface area contributed by atoms with Crippen molar-refractivity contribution in [2.75, 3.05) is 18.1 Å². The number of nitrogens with one attached hydrogen (secondary N) is 1. The molecule has 9 heteroatoms. The predicted octanol–water partition coefficient (Wildman–Crippen LogP) is 4.86. The molecule has 0 unspecified atom stereocenters. The van der Waals surface area contributed by atoms with Gasteiger partial charge in [-0.15, -0.1) is 0 Å². The molecule has 1 aliphatic heterocycles. The number of allylic oxidation sites excluding steroid dienone is 1. The van der Waals surface area contributed by atoms with E-state index in [4.69, 9.17) is 17.1 Å². The molecule has 1 aliphatic rings. The lowest BCUT2D eigenvalue weighted by atomic mass is 10.1. The van der Waals surface area contributed by atoms with Crippen molar-refractivity contribution in [2.24, 2.45) is 10.2 Å². The van der Waals surface area contributed by atoms with Gasteiger partial charge in [-0.2, -0.15) is 10.5 Å². The maximum atomic E-state index is 13.2. The van der Waals surface area contributed by atoms with Crippen LogP contribution < -0.4 is 5.01 Å². The maximum Gasteiger partial charge on any atom is 0.206 e. The Kier molecular flexibility index (Phi) is 6.04. The SMILES string of the molecule is CCN(CC)C1=N/C(=C(/C)S(=O)(=O)c2ccccc2)N(N=N)c2ccc(Cl)cc21. The summed E-state index contributed by atoms with van der Waals surface area (Å²) < 4.78 is 26.4. The van der Waals surface area contributed by atoms with Crippen LogP contribution in [0, 0.1) is 5.53 Å². The van der Waals surface area contributed by atoms with Gasteiger partial charge in [0.25, 0.3) is 0 Å². The Hall–Kier alpha value is -2.71. The average molecular weight is 432 g/mol. The molecule has 0 bridgehead atoms. The van der Waals surface area contributed by atoms with Crippen LogP contribution in [0.3, 0.4) is 0 Å². The van der Waals surface area contributed by atoms with Crippen molar-refractivity contribution < 1.29 is 8.42 Å². The quantitative estimate of drug-likeness (QED) is 0.684. The molecular weight excluding hydrogens is 410 g/mol. The van der Waals surface area contributed by atoms with Crippen molar-refractivity contribution in [1.82, 2.24) is 4.90 Å². The van der Waals surface area contributed by atoms with Gasteiger partial charge >= 0.3 is 0 Å². The number of benzene rings is 2. The minimum Gasteiger partial charge on any atom is -0.357 e. The van der Waals surface area contributed by atoms with Gasteiger partial charge in [-0.25, -0.2) is 13.4 Å². The summed E-state index contributed by atoms with van der Waals surface area (Å²) in [6.07, 6.45) is 0. The number of anilines is 1. The summed E-state index contributed by atoms with van der Waals surface area (Å²) in [6, 6.07) is 13.3. The minimum absolute atomic E-state index is 0.0185. The van der Waals surface area contributed by atoms with Gasteiger partial charge in [-0.05, 0) is 51.1 Å². The summed E-state index contributed by atoms with van der Waals surface area (Å²) in [5.41, 5.74) is 8.94. The molecule has 0 saturated carbocycles. The van der Waals surface area contributed by atoms with E-state index in [2.05, 4.69) is 10.2 Å². The van der Waals surface area contributed by atoms with Crippen molar-refractivity contribution in [3.63, 3.8) is 0 Å². The fourth-order valence-electron chi connectivity index (χ4n) is 3.18. The van der Waals surface area contributed by atoms with Gasteiger partial charge in [0, 0.05) is 23.7 Å². The van der Waals surface area contributed by atoms with E-state index < -0.39 is 9.84 Å². The smallest absolute Gasteiger partial charge is 0.206 e. The topological polar surface area (TPSA) is 89.2 Å². The standard InChI is InChI=1S/C20H22ClN5O2S/c1-4-25(5-2)20-17-13-15(21)11-12-18(17)26(24-22)19(23-20)14(3)29(27,28)16-9-7-6-8-10-16/h6-13,22H,4-5H2,1-3H3/b19-14+,24-22?. The molecule has 0 atom stereocenters. The Morgan fingerprint density at radius 1 is 1.17 bits per heavy atom. The van der Waals surface area contributed by atoms with Gasteiger partial charge in [-0.1, -0.05) is 35.0 Å². The summed E-state index contributed by atoms with van der Waals surface area (Å²) in [5.74, 6) is 0.700. The first-order chi connectivity index (χ1) is 13.8. The van der Waals surface area contributed by atoms with E-state index in [0.717, 1.165) is 0 Å². The van der Waals surface area contributed by atoms with E-state index in [1.807, 2.05) is 18.7 Å². The summed E-state index contributed by atoms with van der Waals surface area (Å²) in [4.78, 5) is 6.84. The Bertz CT molecular complexity index is 1090. The van der Waals surface area contributed by atoms with Crippen LogP contribution in [0.4, 0.5) is 5.69 Å². The maximum absolute atomic E-state index is 13.2. The van der Waals surface area contributed by atoms with E-state index in [9.17, 15) is 8.42 Å². The molecule has 0 aromatic heterocycles. The molecule has 0 fully saturated rings. The Morgan fingerprint density at radius 2 is 1.83 bits per heavy atom. The highest BCUT2D eigenvalue weighted by Gasteiger charge is 2.32. The largest absolute Gasteiger partial charge is 0.357 e. The normalized spacial score (nSPS) is 15.4. The van der Waals surface area contributed by atoms with Crippen LogP contribution in [-0.4, -0.2) is 32.2 Å². The lowest BCUT2D eigenvalue weighted by Gasteiger charge is -2.32. The van der Waals surface area contributed by atoms with Gasteiger partial charge in [0.1, 0.15) is 5.84 Å². The van der Waals surface area contributed by atoms with Crippen LogP contribution in [0.25, 0.3) is 0 Å². The van der Waals surface area contributed by atoms with Crippen molar-refractivity contribution in [3.05, 3.63) is 69.8 Å². The van der Waals surface area contributed by atoms with E-state index >= 15 is 0 Å². The van der Waals surface area contributed by atoms with Crippen LogP contribution in [0.15, 0.2) is 74.4 Å². The highest BCUT2D eigenvalue weighted by atomic mass is 35.5. The highest BCUT2D eigenvalue weighted by Crippen LogP contribution is 2.36. The monoisotopic (exact) mass is 431 g/mol. The van der Waals surface area contributed by atoms with Gasteiger partial charge in [-0.3, -0.25) is 0 Å². The second kappa shape index (κ2) is 8.34. The summed E-state index contributed by atoms with van der Waals surface area (Å²) >= 11 is 6.20. The van der Waals surface area contributed by atoms with Gasteiger partial charge in [0.2, 0.25) is 9.84 Å². The molecule has 0 saturated heterocycles. The second-order valence-electron chi connectivity index (χ2n) is 6.38. The molecule has 2 aromatic rings. The average Bonchev–Trinajstić information content (AvgIpc) is 2.74. The summed E-state index contributed by atoms with van der Waals surface area (Å²) in [5, 5.41) is 5.32. The molecule has 0 amide bonds. The third kappa shape index (κ3) is 3.77. The number of rotatable bonds is 5. The van der Waals surface area contributed by atoms with Crippen LogP contribution >= 0.6 is 11.6 Å². The third-order valence-corrected chi connectivity index (χ3v) is 6.89. The number of amidine groups is 1. The number of aliphatic imine (C=N–C) groups is 1. The van der Waals surface area contributed by atoms with Crippen LogP contribution in [0.1, 0.15) is 26.3 Å². The number of fused-ring (bicyclic) bond motifs is 1. The van der Waals surface area contributed by atoms with Crippen molar-refractivity contribution >= 4 is 33.0 Å². The number of nitrogens with zero attached hydrogens (tertiary/aromatic N) is 4. The van der Waals surface area contributed by atoms with Crippen molar-refractivity contribution in [2.45, 2.75) is 25.7 Å².